The van der Waals surface area contributed by atoms with Crippen LogP contribution in [0.4, 0.5) is 11.4 Å². The molecule has 5 aromatic rings. The summed E-state index contributed by atoms with van der Waals surface area (Å²) in [7, 11) is 4.49. The molecule has 0 aliphatic heterocycles. The molecule has 0 saturated heterocycles. The number of carbonyl (C=O) groups is 3. The Kier molecular flexibility index (Phi) is 12.2. The summed E-state index contributed by atoms with van der Waals surface area (Å²) in [4.78, 5) is 41.7. The molecule has 0 saturated carbocycles. The third-order valence-electron chi connectivity index (χ3n) is 8.08. The summed E-state index contributed by atoms with van der Waals surface area (Å²) in [6.07, 6.45) is 1.53. The first-order valence-electron chi connectivity index (χ1n) is 16.1. The van der Waals surface area contributed by atoms with Crippen LogP contribution in [0.5, 0.6) is 17.2 Å². The van der Waals surface area contributed by atoms with Gasteiger partial charge in [-0.3, -0.25) is 14.4 Å². The number of amides is 3. The first-order valence-corrected chi connectivity index (χ1v) is 17.0. The van der Waals surface area contributed by atoms with Crippen molar-refractivity contribution >= 4 is 46.9 Å². The molecule has 0 aliphatic carbocycles. The molecule has 5 rings (SSSR count). The van der Waals surface area contributed by atoms with E-state index in [-0.39, 0.29) is 11.6 Å². The SMILES string of the molecule is COc1cc(/C=C(/NC(=O)c2ccccc2)C(=O)Nc2cccc(SC(C(=O)Nc3cccc(C)c3C)c3ccccc3)c2)cc(OC)c1OC. The van der Waals surface area contributed by atoms with Crippen LogP contribution < -0.4 is 30.2 Å². The van der Waals surface area contributed by atoms with E-state index in [2.05, 4.69) is 16.0 Å². The second-order valence-corrected chi connectivity index (χ2v) is 12.6. The highest BCUT2D eigenvalue weighted by atomic mass is 32.2. The maximum Gasteiger partial charge on any atom is 0.272 e. The van der Waals surface area contributed by atoms with E-state index in [0.29, 0.717) is 34.1 Å². The minimum absolute atomic E-state index is 0.0220. The molecular weight excluding hydrogens is 663 g/mol. The lowest BCUT2D eigenvalue weighted by molar-refractivity contribution is -0.116. The Balaban J connectivity index is 1.44. The van der Waals surface area contributed by atoms with Crippen molar-refractivity contribution in [3.63, 3.8) is 0 Å². The lowest BCUT2D eigenvalue weighted by Crippen LogP contribution is -2.30. The molecular formula is C41H39N3O6S. The molecule has 1 atom stereocenters. The van der Waals surface area contributed by atoms with Crippen molar-refractivity contribution in [2.75, 3.05) is 32.0 Å². The second kappa shape index (κ2) is 17.1. The second-order valence-electron chi connectivity index (χ2n) is 11.5. The van der Waals surface area contributed by atoms with Crippen LogP contribution in [-0.2, 0) is 9.59 Å². The Morgan fingerprint density at radius 2 is 1.35 bits per heavy atom. The number of rotatable bonds is 13. The first-order chi connectivity index (χ1) is 24.7. The Morgan fingerprint density at radius 3 is 2.00 bits per heavy atom. The molecule has 3 amide bonds. The van der Waals surface area contributed by atoms with Gasteiger partial charge in [-0.1, -0.05) is 66.7 Å². The monoisotopic (exact) mass is 701 g/mol. The van der Waals surface area contributed by atoms with Gasteiger partial charge in [-0.05, 0) is 90.7 Å². The van der Waals surface area contributed by atoms with Crippen LogP contribution in [0.1, 0.15) is 37.9 Å². The molecule has 0 fully saturated rings. The molecule has 0 radical (unpaired) electrons. The smallest absolute Gasteiger partial charge is 0.272 e. The molecule has 1 unspecified atom stereocenters. The fourth-order valence-corrected chi connectivity index (χ4v) is 6.34. The van der Waals surface area contributed by atoms with Gasteiger partial charge in [0.15, 0.2) is 11.5 Å². The third-order valence-corrected chi connectivity index (χ3v) is 9.32. The minimum atomic E-state index is -0.585. The molecule has 0 bridgehead atoms. The van der Waals surface area contributed by atoms with Gasteiger partial charge in [0.1, 0.15) is 10.9 Å². The average molecular weight is 702 g/mol. The van der Waals surface area contributed by atoms with Crippen molar-refractivity contribution in [1.29, 1.82) is 0 Å². The average Bonchev–Trinajstić information content (AvgIpc) is 3.15. The molecule has 3 N–H and O–H groups in total. The van der Waals surface area contributed by atoms with Gasteiger partial charge in [-0.25, -0.2) is 0 Å². The van der Waals surface area contributed by atoms with Crippen LogP contribution in [0.3, 0.4) is 0 Å². The Morgan fingerprint density at radius 1 is 0.706 bits per heavy atom. The number of carbonyl (C=O) groups excluding carboxylic acids is 3. The van der Waals surface area contributed by atoms with E-state index in [4.69, 9.17) is 14.2 Å². The Hall–Kier alpha value is -6.00. The van der Waals surface area contributed by atoms with Gasteiger partial charge in [0.2, 0.25) is 11.7 Å². The summed E-state index contributed by atoms with van der Waals surface area (Å²) in [5, 5.41) is 8.19. The molecule has 0 aliphatic rings. The molecule has 0 aromatic heterocycles. The van der Waals surface area contributed by atoms with Gasteiger partial charge >= 0.3 is 0 Å². The van der Waals surface area contributed by atoms with E-state index in [1.54, 1.807) is 60.7 Å². The van der Waals surface area contributed by atoms with Crippen molar-refractivity contribution in [3.8, 4) is 17.2 Å². The number of hydrogen-bond acceptors (Lipinski definition) is 7. The molecule has 5 aromatic carbocycles. The largest absolute Gasteiger partial charge is 0.493 e. The van der Waals surface area contributed by atoms with E-state index in [0.717, 1.165) is 27.3 Å². The molecule has 51 heavy (non-hydrogen) atoms. The predicted octanol–water partition coefficient (Wildman–Crippen LogP) is 8.21. The molecule has 10 heteroatoms. The van der Waals surface area contributed by atoms with E-state index in [1.807, 2.05) is 68.4 Å². The van der Waals surface area contributed by atoms with E-state index in [1.165, 1.54) is 39.2 Å². The number of hydrogen-bond donors (Lipinski definition) is 3. The number of thioether (sulfide) groups is 1. The zero-order valence-electron chi connectivity index (χ0n) is 29.0. The lowest BCUT2D eigenvalue weighted by Gasteiger charge is -2.19. The summed E-state index contributed by atoms with van der Waals surface area (Å²) < 4.78 is 16.4. The predicted molar refractivity (Wildman–Crippen MR) is 203 cm³/mol. The van der Waals surface area contributed by atoms with Crippen molar-refractivity contribution in [2.24, 2.45) is 0 Å². The summed E-state index contributed by atoms with van der Waals surface area (Å²) >= 11 is 1.36. The van der Waals surface area contributed by atoms with E-state index in [9.17, 15) is 14.4 Å². The fraction of sp³-hybridized carbons (Fsp3) is 0.146. The zero-order chi connectivity index (χ0) is 36.3. The molecule has 0 spiro atoms. The number of nitrogens with one attached hydrogen (secondary N) is 3. The van der Waals surface area contributed by atoms with Crippen LogP contribution >= 0.6 is 11.8 Å². The van der Waals surface area contributed by atoms with Crippen molar-refractivity contribution in [1.82, 2.24) is 5.32 Å². The van der Waals surface area contributed by atoms with Crippen molar-refractivity contribution in [3.05, 3.63) is 149 Å². The first kappa shape index (κ1) is 36.3. The molecule has 260 valence electrons. The maximum atomic E-state index is 13.9. The summed E-state index contributed by atoms with van der Waals surface area (Å²) in [6.45, 7) is 3.99. The number of benzene rings is 5. The van der Waals surface area contributed by atoms with Gasteiger partial charge < -0.3 is 30.2 Å². The highest BCUT2D eigenvalue weighted by molar-refractivity contribution is 8.00. The Labute approximate surface area is 302 Å². The van der Waals surface area contributed by atoms with Crippen LogP contribution in [0, 0.1) is 13.8 Å². The van der Waals surface area contributed by atoms with Gasteiger partial charge in [-0.15, -0.1) is 11.8 Å². The van der Waals surface area contributed by atoms with E-state index >= 15 is 0 Å². The highest BCUT2D eigenvalue weighted by Gasteiger charge is 2.24. The van der Waals surface area contributed by atoms with E-state index < -0.39 is 17.1 Å². The maximum absolute atomic E-state index is 13.9. The molecule has 0 heterocycles. The normalized spacial score (nSPS) is 11.6. The minimum Gasteiger partial charge on any atom is -0.493 e. The standard InChI is InChI=1S/C41H39N3O6S/c1-26-14-12-21-33(27(26)2)43-41(47)38(29-15-8-6-9-16-29)51-32-20-13-19-31(25-32)42-40(46)34(44-39(45)30-17-10-7-11-18-30)22-28-23-35(48-3)37(50-5)36(24-28)49-4/h6-25,38H,1-5H3,(H,42,46)(H,43,47)(H,44,45)/b34-22+. The molecule has 9 nitrogen and oxygen atoms in total. The summed E-state index contributed by atoms with van der Waals surface area (Å²) in [5.41, 5.74) is 5.02. The van der Waals surface area contributed by atoms with Gasteiger partial charge in [-0.2, -0.15) is 0 Å². The number of aryl methyl sites for hydroxylation is 1. The highest BCUT2D eigenvalue weighted by Crippen LogP contribution is 2.39. The topological polar surface area (TPSA) is 115 Å². The van der Waals surface area contributed by atoms with Gasteiger partial charge in [0, 0.05) is 21.8 Å². The van der Waals surface area contributed by atoms with Crippen LogP contribution in [-0.4, -0.2) is 39.1 Å². The number of ether oxygens (including phenoxy) is 3. The van der Waals surface area contributed by atoms with Gasteiger partial charge in [0.25, 0.3) is 11.8 Å². The quantitative estimate of drug-likeness (QED) is 0.0838. The van der Waals surface area contributed by atoms with Gasteiger partial charge in [0.05, 0.1) is 21.3 Å². The third kappa shape index (κ3) is 9.17. The zero-order valence-corrected chi connectivity index (χ0v) is 29.8. The van der Waals surface area contributed by atoms with Crippen molar-refractivity contribution in [2.45, 2.75) is 24.0 Å². The lowest BCUT2D eigenvalue weighted by atomic mass is 10.1. The summed E-state index contributed by atoms with van der Waals surface area (Å²) in [5.74, 6) is -0.0411. The van der Waals surface area contributed by atoms with Crippen LogP contribution in [0.25, 0.3) is 6.08 Å². The number of methoxy groups -OCH3 is 3. The number of anilines is 2. The fourth-order valence-electron chi connectivity index (χ4n) is 5.26. The van der Waals surface area contributed by atoms with Crippen LogP contribution in [0.2, 0.25) is 0 Å². The summed E-state index contributed by atoms with van der Waals surface area (Å²) in [6, 6.07) is 34.5. The van der Waals surface area contributed by atoms with Crippen LogP contribution in [0.15, 0.2) is 126 Å². The Bertz CT molecular complexity index is 2020. The van der Waals surface area contributed by atoms with Crippen molar-refractivity contribution < 1.29 is 28.6 Å².